The number of benzene rings is 2. The largest absolute Gasteiger partial charge is 0.451 e. The zero-order valence-electron chi connectivity index (χ0n) is 14.2. The molecule has 0 aliphatic heterocycles. The third kappa shape index (κ3) is 4.69. The summed E-state index contributed by atoms with van der Waals surface area (Å²) in [6.45, 7) is 1.22. The van der Waals surface area contributed by atoms with Gasteiger partial charge in [-0.05, 0) is 25.1 Å². The van der Waals surface area contributed by atoms with Crippen LogP contribution in [0.2, 0.25) is 5.02 Å². The summed E-state index contributed by atoms with van der Waals surface area (Å²) in [5.41, 5.74) is 1.20. The maximum absolute atomic E-state index is 13.6. The summed E-state index contributed by atoms with van der Waals surface area (Å²) in [6.07, 6.45) is 0. The molecule has 0 aliphatic rings. The highest BCUT2D eigenvalue weighted by atomic mass is 35.5. The Morgan fingerprint density at radius 1 is 1.22 bits per heavy atom. The van der Waals surface area contributed by atoms with Gasteiger partial charge in [-0.3, -0.25) is 4.79 Å². The van der Waals surface area contributed by atoms with E-state index < -0.39 is 24.3 Å². The highest BCUT2D eigenvalue weighted by Crippen LogP contribution is 2.28. The van der Waals surface area contributed by atoms with Gasteiger partial charge in [-0.25, -0.2) is 14.2 Å². The number of hydrogen-bond acceptors (Lipinski definition) is 5. The fourth-order valence-corrected chi connectivity index (χ4v) is 3.34. The highest BCUT2D eigenvalue weighted by Gasteiger charge is 2.20. The van der Waals surface area contributed by atoms with Crippen LogP contribution in [0.4, 0.5) is 10.1 Å². The molecule has 27 heavy (non-hydrogen) atoms. The van der Waals surface area contributed by atoms with Crippen LogP contribution in [0.1, 0.15) is 14.7 Å². The number of halogens is 2. The van der Waals surface area contributed by atoms with Crippen molar-refractivity contribution in [2.45, 2.75) is 6.92 Å². The molecule has 0 fully saturated rings. The van der Waals surface area contributed by atoms with Gasteiger partial charge in [0.15, 0.2) is 6.61 Å². The van der Waals surface area contributed by atoms with Gasteiger partial charge in [0.05, 0.1) is 16.4 Å². The molecule has 1 N–H and O–H groups in total. The Morgan fingerprint density at radius 3 is 2.70 bits per heavy atom. The molecule has 1 heterocycles. The van der Waals surface area contributed by atoms with E-state index in [4.69, 9.17) is 16.3 Å². The number of esters is 1. The van der Waals surface area contributed by atoms with Crippen LogP contribution in [0.5, 0.6) is 0 Å². The molecule has 0 unspecified atom stereocenters. The number of carbonyl (C=O) groups excluding carboxylic acids is 2. The maximum atomic E-state index is 13.6. The van der Waals surface area contributed by atoms with Crippen molar-refractivity contribution in [1.29, 1.82) is 0 Å². The molecular formula is C19H14ClFN2O3S. The fraction of sp³-hybridized carbons (Fsp3) is 0.105. The standard InChI is InChI=1S/C19H14ClFN2O3S/c1-11-22-17(12-5-3-2-4-6-12)18(27-11)19(25)26-10-16(24)23-15-9-13(20)7-8-14(15)21/h2-9H,10H2,1H3,(H,23,24). The summed E-state index contributed by atoms with van der Waals surface area (Å²) < 4.78 is 18.7. The first-order chi connectivity index (χ1) is 12.9. The highest BCUT2D eigenvalue weighted by molar-refractivity contribution is 7.14. The molecule has 1 aromatic heterocycles. The normalized spacial score (nSPS) is 10.5. The number of amides is 1. The first kappa shape index (κ1) is 19.0. The van der Waals surface area contributed by atoms with E-state index in [1.54, 1.807) is 6.92 Å². The van der Waals surface area contributed by atoms with Crippen LogP contribution in [0.3, 0.4) is 0 Å². The number of thiazole rings is 1. The average Bonchev–Trinajstić information content (AvgIpc) is 3.05. The molecule has 5 nitrogen and oxygen atoms in total. The average molecular weight is 405 g/mol. The predicted molar refractivity (Wildman–Crippen MR) is 103 cm³/mol. The summed E-state index contributed by atoms with van der Waals surface area (Å²) in [6, 6.07) is 13.0. The lowest BCUT2D eigenvalue weighted by Crippen LogP contribution is -2.21. The SMILES string of the molecule is Cc1nc(-c2ccccc2)c(C(=O)OCC(=O)Nc2cc(Cl)ccc2F)s1. The monoisotopic (exact) mass is 404 g/mol. The third-order valence-corrected chi connectivity index (χ3v) is 4.69. The van der Waals surface area contributed by atoms with E-state index in [1.165, 1.54) is 23.5 Å². The molecule has 0 saturated carbocycles. The Morgan fingerprint density at radius 2 is 1.96 bits per heavy atom. The van der Waals surface area contributed by atoms with Gasteiger partial charge in [-0.15, -0.1) is 11.3 Å². The lowest BCUT2D eigenvalue weighted by molar-refractivity contribution is -0.119. The maximum Gasteiger partial charge on any atom is 0.351 e. The number of anilines is 1. The van der Waals surface area contributed by atoms with E-state index in [-0.39, 0.29) is 10.7 Å². The number of aromatic nitrogens is 1. The van der Waals surface area contributed by atoms with Crippen LogP contribution >= 0.6 is 22.9 Å². The number of nitrogens with zero attached hydrogens (tertiary/aromatic N) is 1. The Kier molecular flexibility index (Phi) is 5.83. The van der Waals surface area contributed by atoms with E-state index >= 15 is 0 Å². The molecule has 2 aromatic carbocycles. The van der Waals surface area contributed by atoms with Gasteiger partial charge in [-0.1, -0.05) is 41.9 Å². The summed E-state index contributed by atoms with van der Waals surface area (Å²) >= 11 is 6.96. The smallest absolute Gasteiger partial charge is 0.351 e. The Hall–Kier alpha value is -2.77. The zero-order valence-corrected chi connectivity index (χ0v) is 15.7. The molecule has 3 aromatic rings. The van der Waals surface area contributed by atoms with Crippen molar-refractivity contribution in [3.63, 3.8) is 0 Å². The van der Waals surface area contributed by atoms with E-state index in [0.717, 1.165) is 11.6 Å². The van der Waals surface area contributed by atoms with Gasteiger partial charge in [0.25, 0.3) is 5.91 Å². The van der Waals surface area contributed by atoms with Crippen LogP contribution < -0.4 is 5.32 Å². The van der Waals surface area contributed by atoms with Crippen LogP contribution in [-0.2, 0) is 9.53 Å². The lowest BCUT2D eigenvalue weighted by atomic mass is 10.1. The molecular weight excluding hydrogens is 391 g/mol. The van der Waals surface area contributed by atoms with E-state index in [0.29, 0.717) is 15.6 Å². The van der Waals surface area contributed by atoms with Crippen molar-refractivity contribution >= 4 is 40.5 Å². The Labute approximate surface area is 163 Å². The molecule has 1 amide bonds. The van der Waals surface area contributed by atoms with Crippen LogP contribution in [0, 0.1) is 12.7 Å². The second-order valence-corrected chi connectivity index (χ2v) is 7.16. The van der Waals surface area contributed by atoms with E-state index in [2.05, 4.69) is 10.3 Å². The molecule has 0 atom stereocenters. The topological polar surface area (TPSA) is 68.3 Å². The minimum atomic E-state index is -0.674. The van der Waals surface area contributed by atoms with Crippen LogP contribution in [0.25, 0.3) is 11.3 Å². The number of ether oxygens (including phenoxy) is 1. The third-order valence-electron chi connectivity index (χ3n) is 3.50. The summed E-state index contributed by atoms with van der Waals surface area (Å²) in [5.74, 6) is -1.98. The minimum absolute atomic E-state index is 0.0813. The molecule has 138 valence electrons. The number of nitrogens with one attached hydrogen (secondary N) is 1. The quantitative estimate of drug-likeness (QED) is 0.625. The fourth-order valence-electron chi connectivity index (χ4n) is 2.33. The molecule has 8 heteroatoms. The second-order valence-electron chi connectivity index (χ2n) is 5.53. The zero-order chi connectivity index (χ0) is 19.4. The van der Waals surface area contributed by atoms with Crippen molar-refractivity contribution in [2.75, 3.05) is 11.9 Å². The van der Waals surface area contributed by atoms with Gasteiger partial charge in [0, 0.05) is 10.6 Å². The predicted octanol–water partition coefficient (Wildman–Crippen LogP) is 4.71. The van der Waals surface area contributed by atoms with Gasteiger partial charge >= 0.3 is 5.97 Å². The first-order valence-corrected chi connectivity index (χ1v) is 9.08. The van der Waals surface area contributed by atoms with Gasteiger partial charge in [0.2, 0.25) is 0 Å². The molecule has 0 spiro atoms. The number of aryl methyl sites for hydroxylation is 1. The first-order valence-electron chi connectivity index (χ1n) is 7.89. The van der Waals surface area contributed by atoms with Gasteiger partial charge in [0.1, 0.15) is 10.7 Å². The summed E-state index contributed by atoms with van der Waals surface area (Å²) in [7, 11) is 0. The minimum Gasteiger partial charge on any atom is -0.451 e. The number of rotatable bonds is 5. The van der Waals surface area contributed by atoms with Crippen LogP contribution in [-0.4, -0.2) is 23.5 Å². The lowest BCUT2D eigenvalue weighted by Gasteiger charge is -2.08. The van der Waals surface area contributed by atoms with Gasteiger partial charge < -0.3 is 10.1 Å². The van der Waals surface area contributed by atoms with Crippen molar-refractivity contribution in [3.05, 3.63) is 69.3 Å². The molecule has 0 saturated heterocycles. The van der Waals surface area contributed by atoms with Crippen molar-refractivity contribution < 1.29 is 18.7 Å². The molecule has 3 rings (SSSR count). The molecule has 0 radical (unpaired) electrons. The number of hydrogen-bond donors (Lipinski definition) is 1. The summed E-state index contributed by atoms with van der Waals surface area (Å²) in [5, 5.41) is 3.30. The summed E-state index contributed by atoms with van der Waals surface area (Å²) in [4.78, 5) is 29.0. The van der Waals surface area contributed by atoms with E-state index in [9.17, 15) is 14.0 Å². The van der Waals surface area contributed by atoms with Crippen molar-refractivity contribution in [2.24, 2.45) is 0 Å². The van der Waals surface area contributed by atoms with Crippen molar-refractivity contribution in [1.82, 2.24) is 4.98 Å². The van der Waals surface area contributed by atoms with Crippen LogP contribution in [0.15, 0.2) is 48.5 Å². The number of carbonyl (C=O) groups is 2. The Bertz CT molecular complexity index is 992. The second kappa shape index (κ2) is 8.28. The molecule has 0 aliphatic carbocycles. The Balaban J connectivity index is 1.68. The van der Waals surface area contributed by atoms with Gasteiger partial charge in [-0.2, -0.15) is 0 Å². The molecule has 0 bridgehead atoms. The van der Waals surface area contributed by atoms with Crippen molar-refractivity contribution in [3.8, 4) is 11.3 Å². The van der Waals surface area contributed by atoms with E-state index in [1.807, 2.05) is 30.3 Å².